The van der Waals surface area contributed by atoms with E-state index in [1.54, 1.807) is 39.8 Å². The van der Waals surface area contributed by atoms with Crippen molar-refractivity contribution in [3.8, 4) is 11.5 Å². The summed E-state index contributed by atoms with van der Waals surface area (Å²) in [7, 11) is 0.383. The minimum Gasteiger partial charge on any atom is -0.507 e. The van der Waals surface area contributed by atoms with Gasteiger partial charge < -0.3 is 54.7 Å². The van der Waals surface area contributed by atoms with Gasteiger partial charge in [-0.05, 0) is 25.8 Å². The Kier molecular flexibility index (Phi) is 18.1. The van der Waals surface area contributed by atoms with Gasteiger partial charge in [0.05, 0.1) is 47.4 Å². The lowest BCUT2D eigenvalue weighted by Crippen LogP contribution is -2.50. The number of phenols is 1. The second kappa shape index (κ2) is 23.3. The highest BCUT2D eigenvalue weighted by atomic mass is 31.1. The van der Waals surface area contributed by atoms with E-state index >= 15 is 0 Å². The summed E-state index contributed by atoms with van der Waals surface area (Å²) in [5.41, 5.74) is -0.746. The number of methoxy groups -OCH3 is 1. The van der Waals surface area contributed by atoms with Crippen LogP contribution in [0, 0.1) is 36.5 Å². The topological polar surface area (TPSA) is 275 Å². The first-order valence-electron chi connectivity index (χ1n) is 24.4. The van der Waals surface area contributed by atoms with Crippen LogP contribution in [0.25, 0.3) is 0 Å². The number of nitrogens with zero attached hydrogens (tertiary/aromatic N) is 2. The van der Waals surface area contributed by atoms with Crippen molar-refractivity contribution in [3.63, 3.8) is 0 Å². The average Bonchev–Trinajstić information content (AvgIpc) is 3.85. The molecule has 0 saturated carbocycles. The van der Waals surface area contributed by atoms with E-state index in [2.05, 4.69) is 34.7 Å². The van der Waals surface area contributed by atoms with Crippen LogP contribution in [0.2, 0.25) is 0 Å². The molecule has 1 aromatic carbocycles. The number of hydrogen-bond donors (Lipinski definition) is 5. The minimum atomic E-state index is -2.04. The molecule has 0 unspecified atom stereocenters. The maximum absolute atomic E-state index is 14.9. The molecule has 1 fully saturated rings. The Morgan fingerprint density at radius 3 is 2.23 bits per heavy atom. The molecule has 396 valence electrons. The van der Waals surface area contributed by atoms with Crippen molar-refractivity contribution in [1.82, 2.24) is 20.9 Å². The molecule has 4 aliphatic heterocycles. The van der Waals surface area contributed by atoms with Crippen LogP contribution in [0.15, 0.2) is 52.5 Å². The van der Waals surface area contributed by atoms with E-state index in [0.717, 1.165) is 6.54 Å². The van der Waals surface area contributed by atoms with E-state index in [4.69, 9.17) is 28.7 Å². The van der Waals surface area contributed by atoms with Gasteiger partial charge in [-0.15, -0.1) is 0 Å². The number of piperidine rings is 1. The van der Waals surface area contributed by atoms with Gasteiger partial charge in [-0.2, -0.15) is 0 Å². The summed E-state index contributed by atoms with van der Waals surface area (Å²) in [4.78, 5) is 90.0. The van der Waals surface area contributed by atoms with Crippen LogP contribution in [0.1, 0.15) is 113 Å². The molecule has 1 aromatic rings. The number of ether oxygens (including phenoxy) is 5. The van der Waals surface area contributed by atoms with Crippen LogP contribution < -0.4 is 20.7 Å². The number of likely N-dealkylation sites (tertiary alicyclic amines) is 1. The monoisotopic (exact) mass is 1050 g/mol. The highest BCUT2D eigenvalue weighted by Crippen LogP contribution is 2.50. The van der Waals surface area contributed by atoms with Gasteiger partial charge in [-0.1, -0.05) is 59.8 Å². The fourth-order valence-electron chi connectivity index (χ4n) is 10.2. The quantitative estimate of drug-likeness (QED) is 0.134. The summed E-state index contributed by atoms with van der Waals surface area (Å²) >= 11 is 0. The summed E-state index contributed by atoms with van der Waals surface area (Å²) in [6.07, 6.45) is 3.68. The molecule has 0 radical (unpaired) electrons. The number of fused-ring (bicyclic) bond motifs is 3. The van der Waals surface area contributed by atoms with E-state index in [0.29, 0.717) is 31.8 Å². The van der Waals surface area contributed by atoms with Gasteiger partial charge in [0.2, 0.25) is 11.7 Å². The van der Waals surface area contributed by atoms with Gasteiger partial charge in [0.15, 0.2) is 16.9 Å². The number of carbonyl (C=O) groups excluding carboxylic acids is 6. The van der Waals surface area contributed by atoms with E-state index in [9.17, 15) is 48.1 Å². The molecule has 73 heavy (non-hydrogen) atoms. The number of allylic oxidation sites excluding steroid dienone is 4. The number of nitrogens with one attached hydrogen (secondary N) is 3. The number of aromatic hydroxyl groups is 1. The minimum absolute atomic E-state index is 0.0148. The lowest BCUT2D eigenvalue weighted by molar-refractivity contribution is -0.165. The van der Waals surface area contributed by atoms with Gasteiger partial charge >= 0.3 is 17.7 Å². The van der Waals surface area contributed by atoms with Crippen molar-refractivity contribution in [2.24, 2.45) is 34.6 Å². The Morgan fingerprint density at radius 1 is 0.959 bits per heavy atom. The fourth-order valence-corrected chi connectivity index (χ4v) is 10.8. The number of aliphatic imine (C=N–C) groups is 1. The van der Waals surface area contributed by atoms with E-state index in [1.165, 1.54) is 53.2 Å². The summed E-state index contributed by atoms with van der Waals surface area (Å²) in [5, 5.41) is 31.6. The first kappa shape index (κ1) is 56.6. The molecular formula is C51H67N5O15P2. The second-order valence-electron chi connectivity index (χ2n) is 20.2. The maximum Gasteiger partial charge on any atom is 0.325 e. The molecule has 22 heteroatoms. The van der Waals surface area contributed by atoms with Gasteiger partial charge in [0, 0.05) is 93.8 Å². The van der Waals surface area contributed by atoms with Crippen LogP contribution >= 0.6 is 16.9 Å². The first-order valence-corrected chi connectivity index (χ1v) is 26.2. The van der Waals surface area contributed by atoms with Gasteiger partial charge in [0.25, 0.3) is 11.7 Å². The van der Waals surface area contributed by atoms with E-state index < -0.39 is 136 Å². The van der Waals surface area contributed by atoms with Crippen LogP contribution in [0.4, 0.5) is 0 Å². The number of rotatable bonds is 11. The molecule has 5 N–H and O–H groups in total. The van der Waals surface area contributed by atoms with Crippen molar-refractivity contribution in [1.29, 1.82) is 0 Å². The largest absolute Gasteiger partial charge is 0.507 e. The smallest absolute Gasteiger partial charge is 0.325 e. The fraction of sp³-hybridized carbons (Fsp3) is 0.588. The maximum atomic E-state index is 14.9. The number of carbonyl (C=O) groups is 6. The zero-order valence-corrected chi connectivity index (χ0v) is 44.9. The summed E-state index contributed by atoms with van der Waals surface area (Å²) in [6, 6.07) is 0. The lowest BCUT2D eigenvalue weighted by atomic mass is 9.78. The van der Waals surface area contributed by atoms with Crippen molar-refractivity contribution in [2.75, 3.05) is 33.3 Å². The molecule has 2 amide bonds. The van der Waals surface area contributed by atoms with Crippen LogP contribution in [0.3, 0.4) is 0 Å². The molecule has 1 spiro atoms. The second-order valence-corrected chi connectivity index (χ2v) is 22.2. The number of aliphatic hydroxyl groups is 1. The molecule has 0 aromatic heterocycles. The van der Waals surface area contributed by atoms with Crippen molar-refractivity contribution < 1.29 is 71.8 Å². The van der Waals surface area contributed by atoms with E-state index in [1.807, 2.05) is 0 Å². The van der Waals surface area contributed by atoms with Crippen molar-refractivity contribution in [3.05, 3.63) is 69.8 Å². The Hall–Kier alpha value is -5.65. The highest BCUT2D eigenvalue weighted by Gasteiger charge is 2.54. The molecule has 1 saturated heterocycles. The molecule has 20 nitrogen and oxygen atoms in total. The number of esters is 2. The molecule has 1 aliphatic carbocycles. The Balaban J connectivity index is 1.45. The normalized spacial score (nSPS) is 30.6. The molecular weight excluding hydrogens is 985 g/mol. The van der Waals surface area contributed by atoms with Crippen LogP contribution in [0.5, 0.6) is 11.5 Å². The molecule has 9 atom stereocenters. The SMILES string of the molecule is CO[C@H]1/C=C/O[C@@]2(C)Oc3c(C)c(O)c4c(c3C2=O)C2=NC3(CCN(CC(C)C)CC3)NC2=C(NC(=O)/C(C)=C\C=C\[C@H](C)[C@H](OC(=O)CNC(=O)CC(P=O)P=O)[C@@H](C)[C@@H](O)[C@@H](C)[C@H](OC(C)=O)[C@@H]1C)C4=O. The predicted molar refractivity (Wildman–Crippen MR) is 267 cm³/mol. The molecule has 4 heterocycles. The van der Waals surface area contributed by atoms with Crippen LogP contribution in [-0.4, -0.2) is 131 Å². The zero-order chi connectivity index (χ0) is 53.9. The molecule has 6 rings (SSSR count). The molecule has 5 bridgehead atoms. The predicted octanol–water partition coefficient (Wildman–Crippen LogP) is 5.58. The third-order valence-electron chi connectivity index (χ3n) is 14.2. The third-order valence-corrected chi connectivity index (χ3v) is 15.7. The summed E-state index contributed by atoms with van der Waals surface area (Å²) < 4.78 is 52.6. The lowest BCUT2D eigenvalue weighted by Gasteiger charge is -2.39. The number of Topliss-reactive ketones (excluding diaryl/α,β-unsaturated/α-hetero) is 2. The van der Waals surface area contributed by atoms with E-state index in [-0.39, 0.29) is 50.7 Å². The molecule has 5 aliphatic rings. The Morgan fingerprint density at radius 2 is 1.62 bits per heavy atom. The Labute approximate surface area is 428 Å². The van der Waals surface area contributed by atoms with Crippen molar-refractivity contribution >= 4 is 58.0 Å². The zero-order valence-electron chi connectivity index (χ0n) is 43.1. The number of ketones is 2. The number of amides is 2. The van der Waals surface area contributed by atoms with Gasteiger partial charge in [-0.25, -0.2) is 0 Å². The van der Waals surface area contributed by atoms with Crippen LogP contribution in [-0.2, 0) is 47.3 Å². The van der Waals surface area contributed by atoms with Gasteiger partial charge in [0.1, 0.15) is 47.0 Å². The summed E-state index contributed by atoms with van der Waals surface area (Å²) in [6.45, 7) is 18.2. The number of hydrogen-bond acceptors (Lipinski definition) is 18. The van der Waals surface area contributed by atoms with Gasteiger partial charge in [-0.3, -0.25) is 42.9 Å². The Bertz CT molecular complexity index is 2560. The third kappa shape index (κ3) is 12.0. The summed E-state index contributed by atoms with van der Waals surface area (Å²) in [5.74, 6) is -9.60. The first-order chi connectivity index (χ1) is 34.4. The number of benzene rings is 1. The number of phenolic OH excluding ortho intramolecular Hbond substituents is 1. The van der Waals surface area contributed by atoms with Crippen molar-refractivity contribution in [2.45, 2.75) is 130 Å². The number of aliphatic hydroxyl groups excluding tert-OH is 1. The highest BCUT2D eigenvalue weighted by molar-refractivity contribution is 7.44. The average molecular weight is 1050 g/mol. The standard InChI is InChI=1S/C51H67N5O15P2/c1-24(2)23-56-18-16-51(17-19-56)54-39-36-37-43(61)30(8)47-38(36)48(63)50(10,71-47)68-20-15-32(67-11)27(5)46(69-31(9)57)29(7)42(60)28(6)45(70-34(59)22-52-33(58)21-35(72-65)73-66)25(3)13-12-14-26(4)49(64)53-41(44(37)62)40(39)55-51/h12-15,20,24-25,27-29,32,35,42,45-46,55,60-61H,16-19,21-23H2,1-11H3,(H,52,58)(H,53,64)/b13-12+,20-15+,26-14-/t25-,27+,28-,29+,32-,42+,45-,46+,50-/m0/s1.